The summed E-state index contributed by atoms with van der Waals surface area (Å²) in [6.07, 6.45) is 0.611. The van der Waals surface area contributed by atoms with E-state index in [2.05, 4.69) is 16.0 Å². The highest BCUT2D eigenvalue weighted by Gasteiger charge is 2.34. The van der Waals surface area contributed by atoms with Gasteiger partial charge in [-0.25, -0.2) is 23.1 Å². The molecule has 0 bridgehead atoms. The molecule has 182 valence electrons. The Bertz CT molecular complexity index is 1210. The second kappa shape index (κ2) is 10.8. The molecule has 0 radical (unpaired) electrons. The van der Waals surface area contributed by atoms with Gasteiger partial charge in [0.05, 0.1) is 23.1 Å². The molecule has 3 rings (SSSR count). The Labute approximate surface area is 199 Å². The molecule has 2 amide bonds. The fourth-order valence-corrected chi connectivity index (χ4v) is 4.32. The van der Waals surface area contributed by atoms with Gasteiger partial charge < -0.3 is 20.7 Å². The van der Waals surface area contributed by atoms with Gasteiger partial charge in [-0.1, -0.05) is 35.9 Å². The van der Waals surface area contributed by atoms with Gasteiger partial charge in [0.25, 0.3) is 0 Å². The van der Waals surface area contributed by atoms with Crippen LogP contribution >= 0.6 is 0 Å². The first-order chi connectivity index (χ1) is 16.1. The van der Waals surface area contributed by atoms with Crippen LogP contribution < -0.4 is 21.1 Å². The van der Waals surface area contributed by atoms with E-state index in [-0.39, 0.29) is 18.0 Å². The minimum atomic E-state index is -3.73. The van der Waals surface area contributed by atoms with Gasteiger partial charge in [-0.2, -0.15) is 0 Å². The van der Waals surface area contributed by atoms with Crippen LogP contribution in [0, 0.1) is 13.8 Å². The van der Waals surface area contributed by atoms with Crippen LogP contribution in [0.25, 0.3) is 0 Å². The van der Waals surface area contributed by atoms with E-state index in [1.54, 1.807) is 19.1 Å². The average molecular weight is 487 g/mol. The van der Waals surface area contributed by atoms with Crippen LogP contribution in [0.15, 0.2) is 58.6 Å². The number of primary sulfonamides is 1. The van der Waals surface area contributed by atoms with E-state index in [4.69, 9.17) is 9.88 Å². The van der Waals surface area contributed by atoms with Crippen molar-refractivity contribution < 1.29 is 22.7 Å². The largest absolute Gasteiger partial charge is 0.463 e. The second-order valence-corrected chi connectivity index (χ2v) is 9.68. The number of nitrogens with one attached hydrogen (secondary N) is 3. The third-order valence-electron chi connectivity index (χ3n) is 5.54. The minimum Gasteiger partial charge on any atom is -0.463 e. The summed E-state index contributed by atoms with van der Waals surface area (Å²) in [5.74, 6) is -0.490. The molecule has 10 heteroatoms. The van der Waals surface area contributed by atoms with Gasteiger partial charge in [-0.3, -0.25) is 0 Å². The number of rotatable bonds is 9. The lowest BCUT2D eigenvalue weighted by molar-refractivity contribution is -0.139. The van der Waals surface area contributed by atoms with Crippen LogP contribution in [0.5, 0.6) is 0 Å². The van der Waals surface area contributed by atoms with E-state index in [0.29, 0.717) is 24.2 Å². The molecule has 0 fully saturated rings. The molecule has 9 nitrogen and oxygen atoms in total. The standard InChI is InChI=1S/C24H30N4O5S/c1-4-33-23(29)21-20(14-26-12-11-17-7-9-18(10-8-17)34(25,31)32)27-24(30)28-22(21)19-13-15(2)5-6-16(19)3/h5-10,13,22,26H,4,11-12,14H2,1-3H3,(H2,25,31,32)(H2,27,28,30)/t22-/m1/s1. The lowest BCUT2D eigenvalue weighted by Crippen LogP contribution is -2.48. The number of nitrogens with two attached hydrogens (primary N) is 1. The van der Waals surface area contributed by atoms with Crippen molar-refractivity contribution in [2.45, 2.75) is 38.1 Å². The first-order valence-electron chi connectivity index (χ1n) is 11.0. The van der Waals surface area contributed by atoms with Crippen molar-refractivity contribution in [2.24, 2.45) is 5.14 Å². The number of amides is 2. The van der Waals surface area contributed by atoms with Crippen molar-refractivity contribution in [2.75, 3.05) is 19.7 Å². The topological polar surface area (TPSA) is 140 Å². The molecule has 0 spiro atoms. The zero-order valence-electron chi connectivity index (χ0n) is 19.5. The fourth-order valence-electron chi connectivity index (χ4n) is 3.80. The number of carbonyl (C=O) groups is 2. The average Bonchev–Trinajstić information content (AvgIpc) is 2.77. The number of urea groups is 1. The molecule has 2 aromatic rings. The normalized spacial score (nSPS) is 16.1. The first-order valence-corrected chi connectivity index (χ1v) is 12.5. The van der Waals surface area contributed by atoms with Crippen molar-refractivity contribution in [3.8, 4) is 0 Å². The number of hydrogen-bond donors (Lipinski definition) is 4. The van der Waals surface area contributed by atoms with E-state index in [1.807, 2.05) is 32.0 Å². The zero-order chi connectivity index (χ0) is 24.9. The molecule has 2 aromatic carbocycles. The van der Waals surface area contributed by atoms with Gasteiger partial charge in [0.2, 0.25) is 10.0 Å². The molecule has 34 heavy (non-hydrogen) atoms. The van der Waals surface area contributed by atoms with Gasteiger partial charge in [-0.15, -0.1) is 0 Å². The molecule has 0 saturated heterocycles. The maximum absolute atomic E-state index is 12.9. The molecule has 0 aliphatic carbocycles. The minimum absolute atomic E-state index is 0.0587. The molecule has 0 saturated carbocycles. The molecule has 5 N–H and O–H groups in total. The van der Waals surface area contributed by atoms with Crippen LogP contribution in [-0.2, 0) is 26.0 Å². The predicted octanol–water partition coefficient (Wildman–Crippen LogP) is 1.95. The van der Waals surface area contributed by atoms with Gasteiger partial charge >= 0.3 is 12.0 Å². The number of hydrogen-bond acceptors (Lipinski definition) is 6. The van der Waals surface area contributed by atoms with Gasteiger partial charge in [0.15, 0.2) is 0 Å². The number of benzene rings is 2. The third kappa shape index (κ3) is 6.22. The van der Waals surface area contributed by atoms with E-state index < -0.39 is 28.1 Å². The first kappa shape index (κ1) is 25.4. The van der Waals surface area contributed by atoms with Gasteiger partial charge in [0.1, 0.15) is 0 Å². The summed E-state index contributed by atoms with van der Waals surface area (Å²) in [7, 11) is -3.73. The number of ether oxygens (including phenoxy) is 1. The van der Waals surface area contributed by atoms with Crippen LogP contribution in [0.2, 0.25) is 0 Å². The summed E-state index contributed by atoms with van der Waals surface area (Å²) in [6.45, 7) is 6.62. The van der Waals surface area contributed by atoms with Crippen molar-refractivity contribution in [1.82, 2.24) is 16.0 Å². The highest BCUT2D eigenvalue weighted by atomic mass is 32.2. The van der Waals surface area contributed by atoms with Crippen molar-refractivity contribution in [3.05, 3.63) is 76.0 Å². The summed E-state index contributed by atoms with van der Waals surface area (Å²) in [5, 5.41) is 14.0. The van der Waals surface area contributed by atoms with E-state index >= 15 is 0 Å². The van der Waals surface area contributed by atoms with Crippen LogP contribution in [0.3, 0.4) is 0 Å². The van der Waals surface area contributed by atoms with Crippen molar-refractivity contribution in [1.29, 1.82) is 0 Å². The highest BCUT2D eigenvalue weighted by molar-refractivity contribution is 7.89. The second-order valence-electron chi connectivity index (χ2n) is 8.12. The molecule has 0 aromatic heterocycles. The number of esters is 1. The third-order valence-corrected chi connectivity index (χ3v) is 6.47. The Morgan fingerprint density at radius 1 is 1.15 bits per heavy atom. The number of sulfonamides is 1. The Kier molecular flexibility index (Phi) is 8.08. The molecule has 1 atom stereocenters. The molecule has 1 aliphatic rings. The lowest BCUT2D eigenvalue weighted by Gasteiger charge is -2.30. The van der Waals surface area contributed by atoms with Crippen molar-refractivity contribution >= 4 is 22.0 Å². The van der Waals surface area contributed by atoms with Gasteiger partial charge in [-0.05, 0) is 62.6 Å². The lowest BCUT2D eigenvalue weighted by atomic mass is 9.91. The molecule has 1 heterocycles. The van der Waals surface area contributed by atoms with Crippen molar-refractivity contribution in [3.63, 3.8) is 0 Å². The Hall–Kier alpha value is -3.21. The number of carbonyl (C=O) groups excluding carboxylic acids is 2. The van der Waals surface area contributed by atoms with Crippen LogP contribution in [-0.4, -0.2) is 40.1 Å². The summed E-state index contributed by atoms with van der Waals surface area (Å²) >= 11 is 0. The Balaban J connectivity index is 1.79. The predicted molar refractivity (Wildman–Crippen MR) is 128 cm³/mol. The number of aryl methyl sites for hydroxylation is 2. The molecular weight excluding hydrogens is 456 g/mol. The van der Waals surface area contributed by atoms with Crippen LogP contribution in [0.1, 0.15) is 35.2 Å². The zero-order valence-corrected chi connectivity index (χ0v) is 20.3. The summed E-state index contributed by atoms with van der Waals surface area (Å²) in [5.41, 5.74) is 4.55. The van der Waals surface area contributed by atoms with E-state index in [0.717, 1.165) is 22.3 Å². The maximum Gasteiger partial charge on any atom is 0.338 e. The molecule has 0 unspecified atom stereocenters. The molecule has 1 aliphatic heterocycles. The van der Waals surface area contributed by atoms with Crippen LogP contribution in [0.4, 0.5) is 4.79 Å². The summed E-state index contributed by atoms with van der Waals surface area (Å²) in [6, 6.07) is 11.2. The SMILES string of the molecule is CCOC(=O)C1=C(CNCCc2ccc(S(N)(=O)=O)cc2)NC(=O)N[C@@H]1c1cc(C)ccc1C. The van der Waals surface area contributed by atoms with Gasteiger partial charge in [0, 0.05) is 12.2 Å². The highest BCUT2D eigenvalue weighted by Crippen LogP contribution is 2.30. The van der Waals surface area contributed by atoms with E-state index in [9.17, 15) is 18.0 Å². The summed E-state index contributed by atoms with van der Waals surface area (Å²) < 4.78 is 28.1. The quantitative estimate of drug-likeness (QED) is 0.316. The smallest absolute Gasteiger partial charge is 0.338 e. The fraction of sp³-hybridized carbons (Fsp3) is 0.333. The van der Waals surface area contributed by atoms with E-state index in [1.165, 1.54) is 12.1 Å². The summed E-state index contributed by atoms with van der Waals surface area (Å²) in [4.78, 5) is 25.4. The Morgan fingerprint density at radius 2 is 1.85 bits per heavy atom. The monoisotopic (exact) mass is 486 g/mol. The molecular formula is C24H30N4O5S. The maximum atomic E-state index is 12.9. The Morgan fingerprint density at radius 3 is 2.50 bits per heavy atom.